The van der Waals surface area contributed by atoms with Crippen molar-refractivity contribution in [3.8, 4) is 0 Å². The van der Waals surface area contributed by atoms with Gasteiger partial charge in [-0.3, -0.25) is 33.7 Å². The number of imide groups is 1. The molecule has 0 radical (unpaired) electrons. The average molecular weight is 729 g/mol. The van der Waals surface area contributed by atoms with Crippen molar-refractivity contribution in [2.75, 3.05) is 45.6 Å². The fourth-order valence-corrected chi connectivity index (χ4v) is 4.93. The molecule has 52 heavy (non-hydrogen) atoms. The normalized spacial score (nSPS) is 13.3. The van der Waals surface area contributed by atoms with Crippen LogP contribution < -0.4 is 27.0 Å². The van der Waals surface area contributed by atoms with Crippen LogP contribution in [0.5, 0.6) is 0 Å². The van der Waals surface area contributed by atoms with Gasteiger partial charge in [0.05, 0.1) is 0 Å². The summed E-state index contributed by atoms with van der Waals surface area (Å²) >= 11 is 0. The van der Waals surface area contributed by atoms with Crippen molar-refractivity contribution in [3.63, 3.8) is 0 Å². The van der Waals surface area contributed by atoms with Gasteiger partial charge in [-0.15, -0.1) is 0 Å². The van der Waals surface area contributed by atoms with Gasteiger partial charge in [0.1, 0.15) is 18.7 Å². The minimum atomic E-state index is -1.02. The SMILES string of the molecule is CC(=O)N(C)CCN(C)C(=O)OCc1ccc(NC(=O)[C@H](CCCNC(N)=O)NC(=O)[C@@H](NC(=O)CCCCCN2C(=O)C=CC2=O)C(C)C)cc1. The lowest BCUT2D eigenvalue weighted by Gasteiger charge is -2.25. The zero-order valence-corrected chi connectivity index (χ0v) is 30.6. The number of nitrogens with one attached hydrogen (secondary N) is 4. The number of benzene rings is 1. The molecule has 1 aromatic rings. The summed E-state index contributed by atoms with van der Waals surface area (Å²) in [7, 11) is 3.21. The second kappa shape index (κ2) is 21.7. The van der Waals surface area contributed by atoms with E-state index in [4.69, 9.17) is 10.5 Å². The molecule has 6 N–H and O–H groups in total. The number of carbonyl (C=O) groups is 8. The molecule has 0 saturated carbocycles. The maximum Gasteiger partial charge on any atom is 0.409 e. The van der Waals surface area contributed by atoms with E-state index < -0.39 is 36.0 Å². The van der Waals surface area contributed by atoms with E-state index in [1.54, 1.807) is 52.2 Å². The van der Waals surface area contributed by atoms with Gasteiger partial charge in [0.25, 0.3) is 11.8 Å². The highest BCUT2D eigenvalue weighted by Gasteiger charge is 2.29. The molecule has 1 aromatic carbocycles. The summed E-state index contributed by atoms with van der Waals surface area (Å²) in [4.78, 5) is 102. The van der Waals surface area contributed by atoms with Gasteiger partial charge in [-0.2, -0.15) is 0 Å². The van der Waals surface area contributed by atoms with E-state index in [1.807, 2.05) is 0 Å². The standard InChI is InChI=1S/C35H52N8O9/c1-23(2)31(40-28(45)11-7-6-8-19-43-29(46)16-17-30(43)47)33(49)39-27(10-9-18-37-34(36)50)32(48)38-26-14-12-25(13-15-26)22-52-35(51)42(5)21-20-41(4)24(3)44/h12-17,23,27,31H,6-11,18-22H2,1-5H3,(H,38,48)(H,39,49)(H,40,45)(H3,36,37,50)/t27-,31-/m0/s1. The van der Waals surface area contributed by atoms with Gasteiger partial charge in [-0.25, -0.2) is 9.59 Å². The molecule has 9 amide bonds. The number of likely N-dealkylation sites (N-methyl/N-ethyl adjacent to an activating group) is 2. The van der Waals surface area contributed by atoms with Crippen LogP contribution in [0.4, 0.5) is 15.3 Å². The lowest BCUT2D eigenvalue weighted by atomic mass is 10.0. The predicted octanol–water partition coefficient (Wildman–Crippen LogP) is 1.23. The molecule has 0 unspecified atom stereocenters. The van der Waals surface area contributed by atoms with Gasteiger partial charge in [-0.1, -0.05) is 32.4 Å². The molecule has 0 saturated heterocycles. The zero-order chi connectivity index (χ0) is 38.8. The summed E-state index contributed by atoms with van der Waals surface area (Å²) < 4.78 is 5.34. The lowest BCUT2D eigenvalue weighted by Crippen LogP contribution is -2.54. The second-order valence-electron chi connectivity index (χ2n) is 12.9. The molecule has 0 aromatic heterocycles. The number of hydrogen-bond donors (Lipinski definition) is 5. The third-order valence-corrected chi connectivity index (χ3v) is 8.26. The first kappa shape index (κ1) is 42.7. The largest absolute Gasteiger partial charge is 0.445 e. The smallest absolute Gasteiger partial charge is 0.409 e. The zero-order valence-electron chi connectivity index (χ0n) is 30.6. The molecular weight excluding hydrogens is 676 g/mol. The Morgan fingerprint density at radius 2 is 1.48 bits per heavy atom. The van der Waals surface area contributed by atoms with Gasteiger partial charge in [-0.05, 0) is 49.3 Å². The summed E-state index contributed by atoms with van der Waals surface area (Å²) in [5, 5.41) is 10.7. The highest BCUT2D eigenvalue weighted by Crippen LogP contribution is 2.14. The van der Waals surface area contributed by atoms with Gasteiger partial charge >= 0.3 is 12.1 Å². The number of ether oxygens (including phenoxy) is 1. The number of nitrogens with two attached hydrogens (primary N) is 1. The number of carbonyl (C=O) groups excluding carboxylic acids is 8. The number of anilines is 1. The van der Waals surface area contributed by atoms with Crippen molar-refractivity contribution in [2.45, 2.75) is 78.0 Å². The average Bonchev–Trinajstić information content (AvgIpc) is 3.41. The summed E-state index contributed by atoms with van der Waals surface area (Å²) in [6.45, 7) is 6.04. The van der Waals surface area contributed by atoms with Crippen molar-refractivity contribution >= 4 is 53.3 Å². The first-order chi connectivity index (χ1) is 24.6. The Morgan fingerprint density at radius 3 is 2.08 bits per heavy atom. The van der Waals surface area contributed by atoms with E-state index in [-0.39, 0.29) is 62.1 Å². The van der Waals surface area contributed by atoms with Crippen LogP contribution in [0.2, 0.25) is 0 Å². The van der Waals surface area contributed by atoms with E-state index in [0.717, 1.165) is 4.90 Å². The number of amides is 9. The molecular formula is C35H52N8O9. The van der Waals surface area contributed by atoms with Gasteiger partial charge in [0, 0.05) is 71.5 Å². The van der Waals surface area contributed by atoms with Crippen LogP contribution in [0.15, 0.2) is 36.4 Å². The van der Waals surface area contributed by atoms with Crippen molar-refractivity contribution in [2.24, 2.45) is 11.7 Å². The monoisotopic (exact) mass is 728 g/mol. The molecule has 0 fully saturated rings. The van der Waals surface area contributed by atoms with Crippen LogP contribution in [0, 0.1) is 5.92 Å². The molecule has 17 nitrogen and oxygen atoms in total. The molecule has 1 aliphatic rings. The highest BCUT2D eigenvalue weighted by atomic mass is 16.6. The molecule has 0 aliphatic carbocycles. The maximum atomic E-state index is 13.4. The van der Waals surface area contributed by atoms with Crippen molar-refractivity contribution in [3.05, 3.63) is 42.0 Å². The van der Waals surface area contributed by atoms with E-state index in [0.29, 0.717) is 50.0 Å². The minimum absolute atomic E-state index is 0.0217. The fraction of sp³-hybridized carbons (Fsp3) is 0.543. The Balaban J connectivity index is 1.93. The van der Waals surface area contributed by atoms with Crippen LogP contribution in [0.3, 0.4) is 0 Å². The number of hydrogen-bond acceptors (Lipinski definition) is 9. The molecule has 286 valence electrons. The number of rotatable bonds is 21. The van der Waals surface area contributed by atoms with E-state index in [2.05, 4.69) is 21.3 Å². The highest BCUT2D eigenvalue weighted by molar-refractivity contribution is 6.12. The molecule has 1 aliphatic heterocycles. The quantitative estimate of drug-likeness (QED) is 0.0904. The predicted molar refractivity (Wildman–Crippen MR) is 191 cm³/mol. The second-order valence-corrected chi connectivity index (χ2v) is 12.9. The van der Waals surface area contributed by atoms with Crippen LogP contribution in [0.25, 0.3) is 0 Å². The Kier molecular flexibility index (Phi) is 17.8. The Bertz CT molecular complexity index is 1450. The Labute approximate surface area is 304 Å². The summed E-state index contributed by atoms with van der Waals surface area (Å²) in [5.74, 6) is -2.56. The molecule has 2 rings (SSSR count). The van der Waals surface area contributed by atoms with Gasteiger partial charge in [0.2, 0.25) is 23.6 Å². The van der Waals surface area contributed by atoms with Gasteiger partial charge < -0.3 is 41.5 Å². The molecule has 1 heterocycles. The minimum Gasteiger partial charge on any atom is -0.445 e. The summed E-state index contributed by atoms with van der Waals surface area (Å²) in [6, 6.07) is 3.90. The third-order valence-electron chi connectivity index (χ3n) is 8.26. The van der Waals surface area contributed by atoms with Crippen molar-refractivity contribution < 1.29 is 43.1 Å². The maximum absolute atomic E-state index is 13.4. The van der Waals surface area contributed by atoms with Crippen LogP contribution >= 0.6 is 0 Å². The molecule has 0 bridgehead atoms. The number of primary amides is 1. The Hall–Kier alpha value is -5.48. The first-order valence-electron chi connectivity index (χ1n) is 17.2. The van der Waals surface area contributed by atoms with Crippen LogP contribution in [-0.2, 0) is 40.1 Å². The van der Waals surface area contributed by atoms with E-state index >= 15 is 0 Å². The van der Waals surface area contributed by atoms with E-state index in [9.17, 15) is 38.4 Å². The number of urea groups is 1. The van der Waals surface area contributed by atoms with Crippen LogP contribution in [-0.4, -0.2) is 115 Å². The topological polar surface area (TPSA) is 230 Å². The summed E-state index contributed by atoms with van der Waals surface area (Å²) in [6.07, 6.45) is 4.10. The molecule has 17 heteroatoms. The summed E-state index contributed by atoms with van der Waals surface area (Å²) in [5.41, 5.74) is 6.23. The Morgan fingerprint density at radius 1 is 0.846 bits per heavy atom. The third kappa shape index (κ3) is 15.2. The fourth-order valence-electron chi connectivity index (χ4n) is 4.93. The molecule has 2 atom stereocenters. The van der Waals surface area contributed by atoms with Crippen LogP contribution in [0.1, 0.15) is 64.9 Å². The van der Waals surface area contributed by atoms with Crippen molar-refractivity contribution in [1.29, 1.82) is 0 Å². The number of nitrogens with zero attached hydrogens (tertiary/aromatic N) is 3. The van der Waals surface area contributed by atoms with Crippen molar-refractivity contribution in [1.82, 2.24) is 30.7 Å². The molecule has 0 spiro atoms. The lowest BCUT2D eigenvalue weighted by molar-refractivity contribution is -0.137. The first-order valence-corrected chi connectivity index (χ1v) is 17.2. The van der Waals surface area contributed by atoms with Gasteiger partial charge in [0.15, 0.2) is 0 Å². The van der Waals surface area contributed by atoms with E-state index in [1.165, 1.54) is 28.9 Å². The number of unbranched alkanes of at least 4 members (excludes halogenated alkanes) is 2.